The first-order valence-corrected chi connectivity index (χ1v) is 9.30. The normalized spacial score (nSPS) is 16.0. The Bertz CT molecular complexity index is 602. The van der Waals surface area contributed by atoms with Crippen molar-refractivity contribution in [3.05, 3.63) is 23.4 Å². The summed E-state index contributed by atoms with van der Waals surface area (Å²) in [5.74, 6) is 0.979. The molecule has 1 aliphatic rings. The Morgan fingerprint density at radius 1 is 1.15 bits per heavy atom. The smallest absolute Gasteiger partial charge is 0.415 e. The maximum absolute atomic E-state index is 12.4. The number of hydrogen-bond donors (Lipinski definition) is 0. The highest BCUT2D eigenvalue weighted by molar-refractivity contribution is 5.86. The topological polar surface area (TPSA) is 60.9 Å². The maximum atomic E-state index is 12.4. The lowest BCUT2D eigenvalue weighted by atomic mass is 9.83. The van der Waals surface area contributed by atoms with Gasteiger partial charge < -0.3 is 14.2 Å². The fourth-order valence-electron chi connectivity index (χ4n) is 3.35. The van der Waals surface area contributed by atoms with Gasteiger partial charge in [0.1, 0.15) is 17.1 Å². The largest absolute Gasteiger partial charge is 0.443 e. The second kappa shape index (κ2) is 8.82. The predicted octanol–water partition coefficient (Wildman–Crippen LogP) is 4.79. The number of carbonyl (C=O) groups excluding carboxylic acids is 1. The Balaban J connectivity index is 2.34. The Labute approximate surface area is 156 Å². The molecule has 0 unspecified atom stereocenters. The summed E-state index contributed by atoms with van der Waals surface area (Å²) in [6, 6.07) is 3.93. The van der Waals surface area contributed by atoms with Crippen LogP contribution >= 0.6 is 0 Å². The first-order valence-electron chi connectivity index (χ1n) is 9.30. The summed E-state index contributed by atoms with van der Waals surface area (Å²) in [6.45, 7) is 5.53. The van der Waals surface area contributed by atoms with E-state index in [4.69, 9.17) is 19.2 Å². The van der Waals surface area contributed by atoms with E-state index in [1.54, 1.807) is 21.3 Å². The summed E-state index contributed by atoms with van der Waals surface area (Å²) in [5, 5.41) is 0. The molecule has 0 aromatic carbocycles. The lowest BCUT2D eigenvalue weighted by Gasteiger charge is -2.28. The van der Waals surface area contributed by atoms with Crippen LogP contribution in [0, 0.1) is 0 Å². The quantitative estimate of drug-likeness (QED) is 0.703. The van der Waals surface area contributed by atoms with Crippen LogP contribution in [0.3, 0.4) is 0 Å². The third-order valence-electron chi connectivity index (χ3n) is 4.65. The molecule has 0 atom stereocenters. The Morgan fingerprint density at radius 2 is 1.77 bits per heavy atom. The molecule has 1 heterocycles. The van der Waals surface area contributed by atoms with Gasteiger partial charge in [0, 0.05) is 21.3 Å². The molecule has 1 saturated carbocycles. The number of methoxy groups -OCH3 is 2. The molecule has 1 aromatic rings. The molecule has 1 aromatic heterocycles. The van der Waals surface area contributed by atoms with E-state index in [9.17, 15) is 4.79 Å². The molecule has 146 valence electrons. The van der Waals surface area contributed by atoms with Gasteiger partial charge in [-0.15, -0.1) is 0 Å². The van der Waals surface area contributed by atoms with Gasteiger partial charge in [0.2, 0.25) is 6.29 Å². The molecule has 0 spiro atoms. The molecule has 0 aliphatic heterocycles. The second-order valence-electron chi connectivity index (χ2n) is 7.82. The monoisotopic (exact) mass is 364 g/mol. The average Bonchev–Trinajstić information content (AvgIpc) is 2.61. The van der Waals surface area contributed by atoms with Crippen molar-refractivity contribution in [2.75, 3.05) is 26.2 Å². The highest BCUT2D eigenvalue weighted by Crippen LogP contribution is 2.37. The molecular formula is C20H32N2O4. The number of nitrogens with zero attached hydrogens (tertiary/aromatic N) is 2. The van der Waals surface area contributed by atoms with E-state index in [1.807, 2.05) is 26.8 Å². The van der Waals surface area contributed by atoms with Gasteiger partial charge in [-0.1, -0.05) is 25.3 Å². The average molecular weight is 364 g/mol. The minimum atomic E-state index is -0.558. The van der Waals surface area contributed by atoms with Gasteiger partial charge in [-0.2, -0.15) is 0 Å². The van der Waals surface area contributed by atoms with E-state index >= 15 is 0 Å². The molecule has 6 nitrogen and oxygen atoms in total. The fraction of sp³-hybridized carbons (Fsp3) is 0.700. The van der Waals surface area contributed by atoms with Gasteiger partial charge >= 0.3 is 6.09 Å². The van der Waals surface area contributed by atoms with E-state index in [2.05, 4.69) is 6.07 Å². The van der Waals surface area contributed by atoms with E-state index in [-0.39, 0.29) is 0 Å². The molecule has 0 saturated heterocycles. The van der Waals surface area contributed by atoms with Crippen molar-refractivity contribution in [1.82, 2.24) is 4.98 Å². The van der Waals surface area contributed by atoms with Crippen LogP contribution in [0.1, 0.15) is 76.3 Å². The van der Waals surface area contributed by atoms with Gasteiger partial charge in [-0.05, 0) is 51.2 Å². The molecule has 1 aliphatic carbocycles. The van der Waals surface area contributed by atoms with Crippen molar-refractivity contribution >= 4 is 11.9 Å². The van der Waals surface area contributed by atoms with Crippen molar-refractivity contribution in [2.45, 2.75) is 70.7 Å². The Morgan fingerprint density at radius 3 is 2.31 bits per heavy atom. The van der Waals surface area contributed by atoms with Crippen LogP contribution in [0.5, 0.6) is 0 Å². The molecule has 0 radical (unpaired) electrons. The third kappa shape index (κ3) is 5.17. The number of rotatable bonds is 5. The number of ether oxygens (including phenoxy) is 3. The number of amides is 1. The van der Waals surface area contributed by atoms with Crippen molar-refractivity contribution in [2.24, 2.45) is 0 Å². The molecule has 1 fully saturated rings. The van der Waals surface area contributed by atoms with Gasteiger partial charge in [0.05, 0.1) is 0 Å². The number of aromatic nitrogens is 1. The number of hydrogen-bond acceptors (Lipinski definition) is 5. The number of carbonyl (C=O) groups is 1. The Kier molecular flexibility index (Phi) is 7.01. The summed E-state index contributed by atoms with van der Waals surface area (Å²) in [4.78, 5) is 18.5. The fourth-order valence-corrected chi connectivity index (χ4v) is 3.35. The summed E-state index contributed by atoms with van der Waals surface area (Å²) in [6.07, 6.45) is 5.05. The zero-order valence-corrected chi connectivity index (χ0v) is 16.9. The molecule has 1 amide bonds. The molecular weight excluding hydrogens is 332 g/mol. The summed E-state index contributed by atoms with van der Waals surface area (Å²) in [7, 11) is 4.87. The molecule has 6 heteroatoms. The summed E-state index contributed by atoms with van der Waals surface area (Å²) in [5.41, 5.74) is 1.34. The minimum Gasteiger partial charge on any atom is -0.443 e. The predicted molar refractivity (Wildman–Crippen MR) is 101 cm³/mol. The van der Waals surface area contributed by atoms with Crippen LogP contribution in [-0.2, 0) is 14.2 Å². The summed E-state index contributed by atoms with van der Waals surface area (Å²) < 4.78 is 16.4. The molecule has 0 N–H and O–H groups in total. The van der Waals surface area contributed by atoms with Crippen molar-refractivity contribution in [3.8, 4) is 0 Å². The zero-order chi connectivity index (χ0) is 19.3. The van der Waals surface area contributed by atoms with Crippen molar-refractivity contribution < 1.29 is 19.0 Å². The summed E-state index contributed by atoms with van der Waals surface area (Å²) >= 11 is 0. The Hall–Kier alpha value is -1.66. The number of anilines is 1. The van der Waals surface area contributed by atoms with E-state index in [1.165, 1.54) is 24.2 Å². The van der Waals surface area contributed by atoms with Crippen LogP contribution in [0.25, 0.3) is 0 Å². The van der Waals surface area contributed by atoms with Crippen molar-refractivity contribution in [1.29, 1.82) is 0 Å². The van der Waals surface area contributed by atoms with Gasteiger partial charge in [-0.3, -0.25) is 4.90 Å². The second-order valence-corrected chi connectivity index (χ2v) is 7.82. The highest BCUT2D eigenvalue weighted by Gasteiger charge is 2.27. The first-order chi connectivity index (χ1) is 12.3. The SMILES string of the molecule is COC(OC)c1nc(N(C)C(=O)OC(C)(C)C)ccc1C1CCCCC1. The van der Waals surface area contributed by atoms with E-state index < -0.39 is 18.0 Å². The lowest BCUT2D eigenvalue weighted by Crippen LogP contribution is -2.34. The van der Waals surface area contributed by atoms with Crippen LogP contribution in [0.15, 0.2) is 12.1 Å². The zero-order valence-electron chi connectivity index (χ0n) is 16.9. The molecule has 0 bridgehead atoms. The molecule has 26 heavy (non-hydrogen) atoms. The maximum Gasteiger partial charge on any atom is 0.415 e. The van der Waals surface area contributed by atoms with E-state index in [0.29, 0.717) is 11.7 Å². The van der Waals surface area contributed by atoms with Crippen LogP contribution in [-0.4, -0.2) is 37.9 Å². The first kappa shape index (κ1) is 20.6. The van der Waals surface area contributed by atoms with Crippen LogP contribution in [0.2, 0.25) is 0 Å². The van der Waals surface area contributed by atoms with Crippen LogP contribution in [0.4, 0.5) is 10.6 Å². The van der Waals surface area contributed by atoms with E-state index in [0.717, 1.165) is 24.1 Å². The standard InChI is InChI=1S/C20H32N2O4/c1-20(2,3)26-19(23)22(4)16-13-12-15(14-10-8-7-9-11-14)17(21-16)18(24-5)25-6/h12-14,18H,7-11H2,1-6H3. The molecule has 2 rings (SSSR count). The van der Waals surface area contributed by atoms with Crippen LogP contribution < -0.4 is 4.90 Å². The number of pyridine rings is 1. The van der Waals surface area contributed by atoms with Gasteiger partial charge in [-0.25, -0.2) is 9.78 Å². The lowest BCUT2D eigenvalue weighted by molar-refractivity contribution is -0.109. The van der Waals surface area contributed by atoms with Gasteiger partial charge in [0.25, 0.3) is 0 Å². The third-order valence-corrected chi connectivity index (χ3v) is 4.65. The van der Waals surface area contributed by atoms with Gasteiger partial charge in [0.15, 0.2) is 0 Å². The highest BCUT2D eigenvalue weighted by atomic mass is 16.7. The van der Waals surface area contributed by atoms with Crippen molar-refractivity contribution in [3.63, 3.8) is 0 Å². The minimum absolute atomic E-state index is 0.437.